The quantitative estimate of drug-likeness (QED) is 0.469. The predicted molar refractivity (Wildman–Crippen MR) is 129 cm³/mol. The lowest BCUT2D eigenvalue weighted by molar-refractivity contribution is -0.103. The van der Waals surface area contributed by atoms with Crippen molar-refractivity contribution in [1.29, 1.82) is 0 Å². The SMILES string of the molecule is CC1(C)C2CCC(CNC(=O)c3nn(-c4ccc(F)cc4F)c4c3COc3cc(Cl)ccc3-4)C1C2. The third-order valence-electron chi connectivity index (χ3n) is 8.43. The normalized spacial score (nSPS) is 23.5. The molecule has 2 heterocycles. The number of fused-ring (bicyclic) bond motifs is 5. The summed E-state index contributed by atoms with van der Waals surface area (Å²) >= 11 is 6.14. The van der Waals surface area contributed by atoms with Gasteiger partial charge in [0.25, 0.3) is 5.91 Å². The fourth-order valence-electron chi connectivity index (χ4n) is 6.35. The average molecular weight is 498 g/mol. The van der Waals surface area contributed by atoms with Gasteiger partial charge in [-0.05, 0) is 72.8 Å². The Morgan fingerprint density at radius 2 is 2.06 bits per heavy atom. The van der Waals surface area contributed by atoms with Crippen LogP contribution in [0.1, 0.15) is 49.2 Å². The first-order valence-electron chi connectivity index (χ1n) is 12.0. The topological polar surface area (TPSA) is 56.2 Å². The minimum atomic E-state index is -0.770. The fourth-order valence-corrected chi connectivity index (χ4v) is 6.51. The van der Waals surface area contributed by atoms with E-state index >= 15 is 0 Å². The van der Waals surface area contributed by atoms with E-state index in [0.29, 0.717) is 51.4 Å². The van der Waals surface area contributed by atoms with Crippen LogP contribution in [-0.4, -0.2) is 22.2 Å². The molecule has 1 aromatic heterocycles. The van der Waals surface area contributed by atoms with Crippen molar-refractivity contribution in [3.05, 3.63) is 64.3 Å². The summed E-state index contributed by atoms with van der Waals surface area (Å²) < 4.78 is 35.7. The molecular weight excluding hydrogens is 472 g/mol. The van der Waals surface area contributed by atoms with Gasteiger partial charge in [0.05, 0.1) is 5.69 Å². The van der Waals surface area contributed by atoms with Crippen LogP contribution >= 0.6 is 11.6 Å². The van der Waals surface area contributed by atoms with Crippen LogP contribution in [-0.2, 0) is 6.61 Å². The molecule has 1 N–H and O–H groups in total. The third kappa shape index (κ3) is 3.54. The van der Waals surface area contributed by atoms with E-state index in [1.807, 2.05) is 0 Å². The Balaban J connectivity index is 1.37. The zero-order chi connectivity index (χ0) is 24.5. The molecule has 35 heavy (non-hydrogen) atoms. The number of rotatable bonds is 4. The molecule has 4 aliphatic rings. The number of nitrogens with zero attached hydrogens (tertiary/aromatic N) is 2. The number of carbonyl (C=O) groups excluding carboxylic acids is 1. The molecule has 182 valence electrons. The van der Waals surface area contributed by atoms with Crippen molar-refractivity contribution in [3.63, 3.8) is 0 Å². The largest absolute Gasteiger partial charge is 0.488 e. The van der Waals surface area contributed by atoms with Crippen LogP contribution in [0.25, 0.3) is 16.9 Å². The summed E-state index contributed by atoms with van der Waals surface area (Å²) in [6, 6.07) is 8.44. The highest BCUT2D eigenvalue weighted by Crippen LogP contribution is 2.61. The predicted octanol–water partition coefficient (Wildman–Crippen LogP) is 6.17. The lowest BCUT2D eigenvalue weighted by Gasteiger charge is -2.60. The van der Waals surface area contributed by atoms with Crippen molar-refractivity contribution in [2.24, 2.45) is 23.2 Å². The monoisotopic (exact) mass is 497 g/mol. The number of nitrogens with one attached hydrogen (secondary N) is 1. The molecule has 3 saturated carbocycles. The van der Waals surface area contributed by atoms with E-state index in [4.69, 9.17) is 16.3 Å². The number of aromatic nitrogens is 2. The minimum absolute atomic E-state index is 0.0547. The van der Waals surface area contributed by atoms with Gasteiger partial charge in [0.1, 0.15) is 23.9 Å². The van der Waals surface area contributed by atoms with Gasteiger partial charge in [-0.1, -0.05) is 25.4 Å². The molecule has 2 bridgehead atoms. The van der Waals surface area contributed by atoms with Gasteiger partial charge >= 0.3 is 0 Å². The molecule has 2 aromatic carbocycles. The van der Waals surface area contributed by atoms with E-state index in [9.17, 15) is 13.6 Å². The number of ether oxygens (including phenoxy) is 1. The second-order valence-electron chi connectivity index (χ2n) is 10.5. The zero-order valence-corrected chi connectivity index (χ0v) is 20.3. The summed E-state index contributed by atoms with van der Waals surface area (Å²) in [5, 5.41) is 8.11. The van der Waals surface area contributed by atoms with E-state index in [2.05, 4.69) is 24.3 Å². The van der Waals surface area contributed by atoms with Crippen LogP contribution in [0.3, 0.4) is 0 Å². The van der Waals surface area contributed by atoms with Gasteiger partial charge in [-0.25, -0.2) is 13.5 Å². The number of benzene rings is 2. The minimum Gasteiger partial charge on any atom is -0.488 e. The Labute approximate surface area is 207 Å². The number of amides is 1. The van der Waals surface area contributed by atoms with Crippen LogP contribution in [0.15, 0.2) is 36.4 Å². The molecule has 7 rings (SSSR count). The van der Waals surface area contributed by atoms with Crippen LogP contribution in [0.4, 0.5) is 8.78 Å². The van der Waals surface area contributed by atoms with Gasteiger partial charge in [0.15, 0.2) is 11.5 Å². The molecule has 0 radical (unpaired) electrons. The van der Waals surface area contributed by atoms with Crippen LogP contribution in [0, 0.1) is 34.8 Å². The first kappa shape index (κ1) is 22.5. The zero-order valence-electron chi connectivity index (χ0n) is 19.6. The van der Waals surface area contributed by atoms with Gasteiger partial charge in [0.2, 0.25) is 0 Å². The van der Waals surface area contributed by atoms with E-state index in [1.165, 1.54) is 29.7 Å². The molecule has 3 aliphatic carbocycles. The first-order valence-corrected chi connectivity index (χ1v) is 12.4. The first-order chi connectivity index (χ1) is 16.7. The number of hydrogen-bond acceptors (Lipinski definition) is 3. The molecular formula is C27H26ClF2N3O2. The average Bonchev–Trinajstić information content (AvgIpc) is 3.22. The van der Waals surface area contributed by atoms with Gasteiger partial charge in [-0.3, -0.25) is 4.79 Å². The second kappa shape index (κ2) is 8.05. The Hall–Kier alpha value is -2.93. The fraction of sp³-hybridized carbons (Fsp3) is 0.407. The Morgan fingerprint density at radius 3 is 2.80 bits per heavy atom. The number of carbonyl (C=O) groups is 1. The van der Waals surface area contributed by atoms with E-state index in [1.54, 1.807) is 18.2 Å². The summed E-state index contributed by atoms with van der Waals surface area (Å²) in [5.41, 5.74) is 2.31. The molecule has 3 fully saturated rings. The van der Waals surface area contributed by atoms with Crippen molar-refractivity contribution in [2.75, 3.05) is 6.54 Å². The van der Waals surface area contributed by atoms with Crippen molar-refractivity contribution < 1.29 is 18.3 Å². The highest BCUT2D eigenvalue weighted by molar-refractivity contribution is 6.30. The van der Waals surface area contributed by atoms with Gasteiger partial charge < -0.3 is 10.1 Å². The summed E-state index contributed by atoms with van der Waals surface area (Å²) in [4.78, 5) is 13.4. The third-order valence-corrected chi connectivity index (χ3v) is 8.67. The molecule has 3 aromatic rings. The maximum absolute atomic E-state index is 14.8. The standard InChI is InChI=1S/C27H26ClF2N3O2/c1-27(2)15-4-3-14(20(27)9-15)12-31-26(34)24-19-13-35-23-10-16(28)5-7-18(23)25(19)33(32-24)22-8-6-17(29)11-21(22)30/h5-8,10-11,14-15,20H,3-4,9,12-13H2,1-2H3,(H,31,34). The molecule has 0 saturated heterocycles. The molecule has 8 heteroatoms. The summed E-state index contributed by atoms with van der Waals surface area (Å²) in [6.45, 7) is 5.33. The summed E-state index contributed by atoms with van der Waals surface area (Å²) in [5.74, 6) is 0.584. The maximum Gasteiger partial charge on any atom is 0.272 e. The smallest absolute Gasteiger partial charge is 0.272 e. The Morgan fingerprint density at radius 1 is 1.23 bits per heavy atom. The highest BCUT2D eigenvalue weighted by atomic mass is 35.5. The van der Waals surface area contributed by atoms with Gasteiger partial charge in [0, 0.05) is 28.8 Å². The maximum atomic E-state index is 14.8. The number of halogens is 3. The van der Waals surface area contributed by atoms with Crippen LogP contribution in [0.2, 0.25) is 5.02 Å². The van der Waals surface area contributed by atoms with Crippen LogP contribution < -0.4 is 10.1 Å². The van der Waals surface area contributed by atoms with Gasteiger partial charge in [-0.15, -0.1) is 0 Å². The summed E-state index contributed by atoms with van der Waals surface area (Å²) in [7, 11) is 0. The van der Waals surface area contributed by atoms with E-state index < -0.39 is 11.6 Å². The van der Waals surface area contributed by atoms with E-state index in [0.717, 1.165) is 18.4 Å². The molecule has 3 atom stereocenters. The lowest BCUT2D eigenvalue weighted by atomic mass is 9.45. The Kier molecular flexibility index (Phi) is 5.18. The molecule has 1 amide bonds. The lowest BCUT2D eigenvalue weighted by Crippen LogP contribution is -2.54. The molecule has 0 spiro atoms. The highest BCUT2D eigenvalue weighted by Gasteiger charge is 2.54. The summed E-state index contributed by atoms with van der Waals surface area (Å²) in [6.07, 6.45) is 3.54. The van der Waals surface area contributed by atoms with E-state index in [-0.39, 0.29) is 23.9 Å². The second-order valence-corrected chi connectivity index (χ2v) is 11.0. The van der Waals surface area contributed by atoms with Gasteiger partial charge in [-0.2, -0.15) is 5.10 Å². The molecule has 5 nitrogen and oxygen atoms in total. The van der Waals surface area contributed by atoms with Crippen molar-refractivity contribution in [1.82, 2.24) is 15.1 Å². The molecule has 1 aliphatic heterocycles. The number of hydrogen-bond donors (Lipinski definition) is 1. The molecule has 3 unspecified atom stereocenters. The Bertz CT molecular complexity index is 1350. The van der Waals surface area contributed by atoms with Crippen LogP contribution in [0.5, 0.6) is 5.75 Å². The van der Waals surface area contributed by atoms with Crippen molar-refractivity contribution in [2.45, 2.75) is 39.7 Å². The van der Waals surface area contributed by atoms with Crippen molar-refractivity contribution in [3.8, 4) is 22.7 Å². The van der Waals surface area contributed by atoms with Crippen molar-refractivity contribution >= 4 is 17.5 Å².